The number of rotatable bonds is 4. The monoisotopic (exact) mass is 362 g/mol. The van der Waals surface area contributed by atoms with Gasteiger partial charge in [-0.25, -0.2) is 9.97 Å². The molecule has 0 fully saturated rings. The van der Waals surface area contributed by atoms with Crippen LogP contribution in [0.2, 0.25) is 0 Å². The number of hydrogen-bond donors (Lipinski definition) is 2. The van der Waals surface area contributed by atoms with Crippen LogP contribution < -0.4 is 10.6 Å². The van der Waals surface area contributed by atoms with Crippen LogP contribution in [0.1, 0.15) is 30.6 Å². The number of carbonyl (C=O) groups excluding carboxylic acids is 2. The van der Waals surface area contributed by atoms with Crippen molar-refractivity contribution in [1.82, 2.24) is 19.7 Å². The van der Waals surface area contributed by atoms with Gasteiger partial charge in [0.15, 0.2) is 10.3 Å². The molecule has 3 heterocycles. The van der Waals surface area contributed by atoms with E-state index in [4.69, 9.17) is 0 Å². The highest BCUT2D eigenvalue weighted by Gasteiger charge is 2.23. The van der Waals surface area contributed by atoms with E-state index in [1.807, 2.05) is 13.8 Å². The molecular weight excluding hydrogens is 348 g/mol. The molecule has 24 heavy (non-hydrogen) atoms. The number of nitrogens with zero attached hydrogens (tertiary/aromatic N) is 4. The Bertz CT molecular complexity index is 910. The van der Waals surface area contributed by atoms with Gasteiger partial charge >= 0.3 is 0 Å². The summed E-state index contributed by atoms with van der Waals surface area (Å²) in [5.41, 5.74) is 0.338. The van der Waals surface area contributed by atoms with Gasteiger partial charge in [-0.05, 0) is 13.8 Å². The largest absolute Gasteiger partial charge is 0.298 e. The molecule has 3 aromatic heterocycles. The van der Waals surface area contributed by atoms with Crippen molar-refractivity contribution in [2.24, 2.45) is 7.05 Å². The maximum absolute atomic E-state index is 12.5. The molecule has 0 saturated heterocycles. The molecule has 10 heteroatoms. The molecular formula is C14H14N6O2S2. The Labute approximate surface area is 145 Å². The van der Waals surface area contributed by atoms with Crippen molar-refractivity contribution in [2.45, 2.75) is 13.8 Å². The zero-order valence-electron chi connectivity index (χ0n) is 13.2. The third kappa shape index (κ3) is 3.34. The topological polar surface area (TPSA) is 102 Å². The summed E-state index contributed by atoms with van der Waals surface area (Å²) < 4.78 is 1.36. The van der Waals surface area contributed by atoms with E-state index in [2.05, 4.69) is 25.7 Å². The summed E-state index contributed by atoms with van der Waals surface area (Å²) in [7, 11) is 1.60. The fraction of sp³-hybridized carbons (Fsp3) is 0.214. The van der Waals surface area contributed by atoms with Gasteiger partial charge in [0.1, 0.15) is 5.69 Å². The molecule has 0 bridgehead atoms. The van der Waals surface area contributed by atoms with E-state index in [1.54, 1.807) is 19.4 Å². The molecule has 0 aliphatic heterocycles. The van der Waals surface area contributed by atoms with E-state index >= 15 is 0 Å². The highest BCUT2D eigenvalue weighted by atomic mass is 32.1. The van der Waals surface area contributed by atoms with Gasteiger partial charge in [0.25, 0.3) is 11.8 Å². The minimum Gasteiger partial charge on any atom is -0.298 e. The number of amides is 2. The fourth-order valence-corrected chi connectivity index (χ4v) is 3.34. The van der Waals surface area contributed by atoms with Crippen LogP contribution in [0, 0.1) is 13.8 Å². The first-order valence-corrected chi connectivity index (χ1v) is 8.57. The maximum Gasteiger partial charge on any atom is 0.276 e. The zero-order chi connectivity index (χ0) is 17.3. The second-order valence-corrected chi connectivity index (χ2v) is 7.46. The van der Waals surface area contributed by atoms with Gasteiger partial charge in [0.05, 0.1) is 11.8 Å². The van der Waals surface area contributed by atoms with Crippen molar-refractivity contribution in [3.8, 4) is 0 Å². The van der Waals surface area contributed by atoms with Crippen LogP contribution in [0.3, 0.4) is 0 Å². The van der Waals surface area contributed by atoms with Gasteiger partial charge in [-0.3, -0.25) is 24.9 Å². The van der Waals surface area contributed by atoms with Crippen LogP contribution in [0.4, 0.5) is 10.3 Å². The molecule has 0 aliphatic rings. The van der Waals surface area contributed by atoms with Crippen molar-refractivity contribution in [2.75, 3.05) is 10.6 Å². The number of thiazole rings is 2. The molecule has 124 valence electrons. The van der Waals surface area contributed by atoms with Crippen LogP contribution in [0.15, 0.2) is 18.6 Å². The first-order valence-electron chi connectivity index (χ1n) is 6.93. The van der Waals surface area contributed by atoms with Gasteiger partial charge in [0.2, 0.25) is 0 Å². The lowest BCUT2D eigenvalue weighted by molar-refractivity contribution is 0.0985. The predicted octanol–water partition coefficient (Wildman–Crippen LogP) is 2.45. The van der Waals surface area contributed by atoms with Gasteiger partial charge in [-0.15, -0.1) is 22.7 Å². The molecule has 8 nitrogen and oxygen atoms in total. The molecule has 2 amide bonds. The SMILES string of the molecule is Cc1cnc(NC(=O)c2cnn(C)c2C(=O)Nc2ncc(C)s2)s1. The number of aryl methyl sites for hydroxylation is 3. The molecule has 0 unspecified atom stereocenters. The van der Waals surface area contributed by atoms with Crippen molar-refractivity contribution >= 4 is 44.8 Å². The maximum atomic E-state index is 12.5. The number of hydrogen-bond acceptors (Lipinski definition) is 7. The fourth-order valence-electron chi connectivity index (χ4n) is 2.02. The minimum absolute atomic E-state index is 0.161. The summed E-state index contributed by atoms with van der Waals surface area (Å²) in [6.07, 6.45) is 4.70. The smallest absolute Gasteiger partial charge is 0.276 e. The first-order chi connectivity index (χ1) is 11.4. The van der Waals surface area contributed by atoms with Crippen LogP contribution in [0.5, 0.6) is 0 Å². The Hall–Kier alpha value is -2.59. The lowest BCUT2D eigenvalue weighted by atomic mass is 10.2. The Balaban J connectivity index is 1.82. The van der Waals surface area contributed by atoms with Crippen LogP contribution in [-0.2, 0) is 7.05 Å². The highest BCUT2D eigenvalue weighted by Crippen LogP contribution is 2.20. The Kier molecular flexibility index (Phi) is 4.40. The van der Waals surface area contributed by atoms with Crippen molar-refractivity contribution in [1.29, 1.82) is 0 Å². The normalized spacial score (nSPS) is 10.6. The van der Waals surface area contributed by atoms with E-state index in [-0.39, 0.29) is 11.3 Å². The molecule has 0 spiro atoms. The molecule has 0 atom stereocenters. The number of aromatic nitrogens is 4. The number of carbonyl (C=O) groups is 2. The summed E-state index contributed by atoms with van der Waals surface area (Å²) in [6.45, 7) is 3.79. The van der Waals surface area contributed by atoms with Gasteiger partial charge in [-0.1, -0.05) is 0 Å². The third-order valence-corrected chi connectivity index (χ3v) is 4.74. The zero-order valence-corrected chi connectivity index (χ0v) is 14.8. The van der Waals surface area contributed by atoms with Crippen LogP contribution >= 0.6 is 22.7 Å². The molecule has 2 N–H and O–H groups in total. The van der Waals surface area contributed by atoms with Gasteiger partial charge in [-0.2, -0.15) is 5.10 Å². The average molecular weight is 362 g/mol. The molecule has 0 aliphatic carbocycles. The molecule has 3 aromatic rings. The molecule has 0 aromatic carbocycles. The number of nitrogens with one attached hydrogen (secondary N) is 2. The highest BCUT2D eigenvalue weighted by molar-refractivity contribution is 7.16. The van der Waals surface area contributed by atoms with E-state index in [0.29, 0.717) is 10.3 Å². The molecule has 0 radical (unpaired) electrons. The Morgan fingerprint density at radius 3 is 2.00 bits per heavy atom. The van der Waals surface area contributed by atoms with Gasteiger partial charge in [0, 0.05) is 29.2 Å². The van der Waals surface area contributed by atoms with Crippen LogP contribution in [-0.4, -0.2) is 31.6 Å². The van der Waals surface area contributed by atoms with E-state index < -0.39 is 11.8 Å². The van der Waals surface area contributed by atoms with E-state index in [1.165, 1.54) is 33.6 Å². The molecule has 0 saturated carbocycles. The molecule has 3 rings (SSSR count). The first kappa shape index (κ1) is 16.3. The van der Waals surface area contributed by atoms with Gasteiger partial charge < -0.3 is 0 Å². The van der Waals surface area contributed by atoms with Crippen molar-refractivity contribution < 1.29 is 9.59 Å². The summed E-state index contributed by atoms with van der Waals surface area (Å²) >= 11 is 2.72. The van der Waals surface area contributed by atoms with E-state index in [9.17, 15) is 9.59 Å². The summed E-state index contributed by atoms with van der Waals surface area (Å²) in [5.74, 6) is -0.872. The lowest BCUT2D eigenvalue weighted by Gasteiger charge is -2.05. The average Bonchev–Trinajstić information content (AvgIpc) is 3.20. The van der Waals surface area contributed by atoms with E-state index in [0.717, 1.165) is 9.75 Å². The number of anilines is 2. The summed E-state index contributed by atoms with van der Waals surface area (Å²) in [4.78, 5) is 35.0. The summed E-state index contributed by atoms with van der Waals surface area (Å²) in [6, 6.07) is 0. The third-order valence-electron chi connectivity index (χ3n) is 3.08. The Morgan fingerprint density at radius 2 is 1.50 bits per heavy atom. The van der Waals surface area contributed by atoms with Crippen molar-refractivity contribution in [3.05, 3.63) is 39.6 Å². The lowest BCUT2D eigenvalue weighted by Crippen LogP contribution is -2.21. The second-order valence-electron chi connectivity index (χ2n) is 4.99. The van der Waals surface area contributed by atoms with Crippen molar-refractivity contribution in [3.63, 3.8) is 0 Å². The quantitative estimate of drug-likeness (QED) is 0.742. The minimum atomic E-state index is -0.440. The Morgan fingerprint density at radius 1 is 0.958 bits per heavy atom. The second kappa shape index (κ2) is 6.49. The summed E-state index contributed by atoms with van der Waals surface area (Å²) in [5, 5.41) is 10.3. The standard InChI is InChI=1S/C14H14N6O2S2/c1-7-4-15-13(23-7)18-11(21)9-6-17-20(3)10(9)12(22)19-14-16-5-8(2)24-14/h4-6H,1-3H3,(H,15,18,21)(H,16,19,22). The van der Waals surface area contributed by atoms with Crippen LogP contribution in [0.25, 0.3) is 0 Å². The predicted molar refractivity (Wildman–Crippen MR) is 92.8 cm³/mol.